The molecule has 5 rings (SSSR count). The molecule has 0 saturated carbocycles. The van der Waals surface area contributed by atoms with Crippen LogP contribution in [0.1, 0.15) is 37.7 Å². The lowest BCUT2D eigenvalue weighted by molar-refractivity contribution is -0.274. The molecule has 2 aromatic carbocycles. The molecule has 3 heterocycles. The van der Waals surface area contributed by atoms with Crippen LogP contribution >= 0.6 is 0 Å². The average molecular weight is 561 g/mol. The number of piperazine rings is 1. The Balaban J connectivity index is 1.37. The Morgan fingerprint density at radius 2 is 1.80 bits per heavy atom. The standard InChI is InChI=1S/C27H27F3N4O6/c1-26(2,3)40-25(37)34-10-8-33(9-11-34)14-18-21(35)7-5-16-23(36)22(38-24(16)18)13-20-17-12-15(39-27(28,29)30)4-6-19(17)31-32-20/h4-7,12-13,35-36H,8-11,14H2,1-3H3. The molecule has 3 aromatic rings. The number of phenols is 1. The number of halogens is 3. The summed E-state index contributed by atoms with van der Waals surface area (Å²) in [5, 5.41) is 29.8. The van der Waals surface area contributed by atoms with Crippen molar-refractivity contribution in [2.24, 2.45) is 10.2 Å². The van der Waals surface area contributed by atoms with E-state index in [2.05, 4.69) is 15.0 Å². The number of nitrogens with zero attached hydrogens (tertiary/aromatic N) is 4. The van der Waals surface area contributed by atoms with Gasteiger partial charge in [-0.15, -0.1) is 23.4 Å². The number of ether oxygens (including phenoxy) is 2. The fourth-order valence-electron chi connectivity index (χ4n) is 4.50. The molecule has 1 aromatic heterocycles. The van der Waals surface area contributed by atoms with Crippen molar-refractivity contribution in [1.29, 1.82) is 0 Å². The van der Waals surface area contributed by atoms with Crippen LogP contribution in [-0.2, 0) is 11.3 Å². The summed E-state index contributed by atoms with van der Waals surface area (Å²) >= 11 is 0. The molecule has 0 spiro atoms. The highest BCUT2D eigenvalue weighted by molar-refractivity contribution is 5.95. The number of fused-ring (bicyclic) bond motifs is 2. The van der Waals surface area contributed by atoms with E-state index in [0.29, 0.717) is 42.8 Å². The largest absolute Gasteiger partial charge is 0.573 e. The smallest absolute Gasteiger partial charge is 0.507 e. The summed E-state index contributed by atoms with van der Waals surface area (Å²) < 4.78 is 53.4. The highest BCUT2D eigenvalue weighted by Crippen LogP contribution is 2.43. The van der Waals surface area contributed by atoms with E-state index in [1.165, 1.54) is 24.3 Å². The van der Waals surface area contributed by atoms with Crippen molar-refractivity contribution in [2.45, 2.75) is 39.3 Å². The van der Waals surface area contributed by atoms with Crippen molar-refractivity contribution < 1.29 is 42.1 Å². The summed E-state index contributed by atoms with van der Waals surface area (Å²) in [6, 6.07) is 6.59. The maximum Gasteiger partial charge on any atom is 0.573 e. The van der Waals surface area contributed by atoms with Crippen molar-refractivity contribution in [3.8, 4) is 17.2 Å². The first kappa shape index (κ1) is 27.3. The molecule has 1 saturated heterocycles. The molecule has 0 aliphatic carbocycles. The predicted molar refractivity (Wildman–Crippen MR) is 138 cm³/mol. The fourth-order valence-corrected chi connectivity index (χ4v) is 4.50. The summed E-state index contributed by atoms with van der Waals surface area (Å²) in [6.07, 6.45) is -3.88. The molecule has 0 radical (unpaired) electrons. The molecular weight excluding hydrogens is 533 g/mol. The Kier molecular flexibility index (Phi) is 6.86. The van der Waals surface area contributed by atoms with E-state index in [4.69, 9.17) is 9.15 Å². The van der Waals surface area contributed by atoms with Gasteiger partial charge in [-0.05, 0) is 51.1 Å². The van der Waals surface area contributed by atoms with Gasteiger partial charge in [0.15, 0.2) is 11.5 Å². The molecule has 0 unspecified atom stereocenters. The number of carbonyl (C=O) groups is 1. The SMILES string of the molecule is CC(C)(C)OC(=O)N1CCN(Cc2c(O)ccc3c(O)c(C=C4N=Nc5ccc(OC(F)(F)F)cc54)oc23)CC1. The van der Waals surface area contributed by atoms with Crippen LogP contribution < -0.4 is 4.74 Å². The van der Waals surface area contributed by atoms with E-state index < -0.39 is 17.7 Å². The quantitative estimate of drug-likeness (QED) is 0.379. The second-order valence-electron chi connectivity index (χ2n) is 10.5. The van der Waals surface area contributed by atoms with Crippen LogP contribution in [-0.4, -0.2) is 64.2 Å². The van der Waals surface area contributed by atoms with Crippen molar-refractivity contribution in [1.82, 2.24) is 9.80 Å². The molecule has 212 valence electrons. The van der Waals surface area contributed by atoms with Gasteiger partial charge >= 0.3 is 12.5 Å². The van der Waals surface area contributed by atoms with Crippen molar-refractivity contribution in [3.05, 3.63) is 47.2 Å². The Morgan fingerprint density at radius 1 is 1.07 bits per heavy atom. The highest BCUT2D eigenvalue weighted by Gasteiger charge is 2.32. The molecule has 2 aliphatic rings. The topological polar surface area (TPSA) is 120 Å². The number of carbonyl (C=O) groups excluding carboxylic acids is 1. The minimum Gasteiger partial charge on any atom is -0.507 e. The zero-order valence-corrected chi connectivity index (χ0v) is 21.9. The van der Waals surface area contributed by atoms with Gasteiger partial charge in [-0.3, -0.25) is 4.90 Å². The average Bonchev–Trinajstić information content (AvgIpc) is 3.40. The van der Waals surface area contributed by atoms with Gasteiger partial charge in [-0.1, -0.05) is 0 Å². The molecule has 0 atom stereocenters. The van der Waals surface area contributed by atoms with Gasteiger partial charge in [-0.25, -0.2) is 4.79 Å². The Hall–Kier alpha value is -4.26. The molecule has 2 aliphatic heterocycles. The van der Waals surface area contributed by atoms with Gasteiger partial charge in [0.25, 0.3) is 0 Å². The van der Waals surface area contributed by atoms with Crippen LogP contribution in [0.2, 0.25) is 0 Å². The summed E-state index contributed by atoms with van der Waals surface area (Å²) in [6.45, 7) is 7.64. The number of rotatable bonds is 4. The molecule has 10 nitrogen and oxygen atoms in total. The van der Waals surface area contributed by atoms with Gasteiger partial charge in [0, 0.05) is 44.4 Å². The number of aromatic hydroxyl groups is 2. The maximum atomic E-state index is 12.7. The summed E-state index contributed by atoms with van der Waals surface area (Å²) in [7, 11) is 0. The number of hydrogen-bond acceptors (Lipinski definition) is 9. The lowest BCUT2D eigenvalue weighted by Gasteiger charge is -2.35. The number of amides is 1. The van der Waals surface area contributed by atoms with Crippen molar-refractivity contribution in [2.75, 3.05) is 26.2 Å². The minimum atomic E-state index is -4.86. The second kappa shape index (κ2) is 10.0. The summed E-state index contributed by atoms with van der Waals surface area (Å²) in [4.78, 5) is 16.0. The number of azo groups is 1. The first-order valence-corrected chi connectivity index (χ1v) is 12.5. The van der Waals surface area contributed by atoms with E-state index in [1.54, 1.807) is 4.90 Å². The zero-order chi connectivity index (χ0) is 28.8. The predicted octanol–water partition coefficient (Wildman–Crippen LogP) is 6.39. The third-order valence-corrected chi connectivity index (χ3v) is 6.35. The van der Waals surface area contributed by atoms with Crippen LogP contribution in [0.3, 0.4) is 0 Å². The fraction of sp³-hybridized carbons (Fsp3) is 0.370. The maximum absolute atomic E-state index is 12.7. The van der Waals surface area contributed by atoms with Crippen molar-refractivity contribution >= 4 is 34.5 Å². The number of alkyl halides is 3. The van der Waals surface area contributed by atoms with Gasteiger partial charge in [0.2, 0.25) is 0 Å². The normalized spacial score (nSPS) is 17.1. The Morgan fingerprint density at radius 3 is 2.48 bits per heavy atom. The van der Waals surface area contributed by atoms with Crippen LogP contribution in [0.25, 0.3) is 22.7 Å². The van der Waals surface area contributed by atoms with Gasteiger partial charge in [0.1, 0.15) is 22.7 Å². The number of furan rings is 1. The highest BCUT2D eigenvalue weighted by atomic mass is 19.4. The van der Waals surface area contributed by atoms with Gasteiger partial charge in [0.05, 0.1) is 22.3 Å². The minimum absolute atomic E-state index is 0.000498. The summed E-state index contributed by atoms with van der Waals surface area (Å²) in [5.74, 6) is -0.683. The van der Waals surface area contributed by atoms with Crippen LogP contribution in [0, 0.1) is 0 Å². The monoisotopic (exact) mass is 560 g/mol. The number of hydrogen-bond donors (Lipinski definition) is 2. The van der Waals surface area contributed by atoms with Crippen molar-refractivity contribution in [3.63, 3.8) is 0 Å². The lowest BCUT2D eigenvalue weighted by atomic mass is 10.1. The molecular formula is C27H27F3N4O6. The molecule has 1 fully saturated rings. The molecule has 40 heavy (non-hydrogen) atoms. The molecule has 2 N–H and O–H groups in total. The number of benzene rings is 2. The van der Waals surface area contributed by atoms with Gasteiger partial charge in [-0.2, -0.15) is 0 Å². The third-order valence-electron chi connectivity index (χ3n) is 6.35. The van der Waals surface area contributed by atoms with Crippen LogP contribution in [0.4, 0.5) is 23.7 Å². The van der Waals surface area contributed by atoms with E-state index in [1.807, 2.05) is 25.7 Å². The van der Waals surface area contributed by atoms with Gasteiger partial charge < -0.3 is 29.0 Å². The van der Waals surface area contributed by atoms with E-state index in [9.17, 15) is 28.2 Å². The number of phenolic OH excluding ortho intramolecular Hbond substituents is 1. The summed E-state index contributed by atoms with van der Waals surface area (Å²) in [5.41, 5.74) is 0.875. The van der Waals surface area contributed by atoms with E-state index >= 15 is 0 Å². The molecule has 13 heteroatoms. The van der Waals surface area contributed by atoms with E-state index in [-0.39, 0.29) is 46.7 Å². The van der Waals surface area contributed by atoms with Crippen LogP contribution in [0.5, 0.6) is 17.2 Å². The second-order valence-corrected chi connectivity index (χ2v) is 10.5. The molecule has 0 bridgehead atoms. The Bertz CT molecular complexity index is 1520. The lowest BCUT2D eigenvalue weighted by Crippen LogP contribution is -2.49. The first-order chi connectivity index (χ1) is 18.8. The van der Waals surface area contributed by atoms with E-state index in [0.717, 1.165) is 12.1 Å². The first-order valence-electron chi connectivity index (χ1n) is 12.5. The van der Waals surface area contributed by atoms with Crippen LogP contribution in [0.15, 0.2) is 45.0 Å². The molecule has 1 amide bonds. The Labute approximate surface area is 226 Å². The zero-order valence-electron chi connectivity index (χ0n) is 21.9. The third kappa shape index (κ3) is 5.83.